The Morgan fingerprint density at radius 2 is 2.09 bits per heavy atom. The summed E-state index contributed by atoms with van der Waals surface area (Å²) in [6, 6.07) is 0.0937. The maximum atomic E-state index is 9.59. The molecule has 0 bridgehead atoms. The summed E-state index contributed by atoms with van der Waals surface area (Å²) in [5.74, 6) is 0. The van der Waals surface area contributed by atoms with Gasteiger partial charge >= 0.3 is 0 Å². The third kappa shape index (κ3) is 2.03. The second-order valence-electron chi connectivity index (χ2n) is 4.29. The molecule has 0 aromatic heterocycles. The predicted octanol–water partition coefficient (Wildman–Crippen LogP) is 1.63. The van der Waals surface area contributed by atoms with Crippen molar-refractivity contribution in [3.63, 3.8) is 0 Å². The normalized spacial score (nSPS) is 32.4. The van der Waals surface area contributed by atoms with Gasteiger partial charge in [-0.05, 0) is 24.5 Å². The van der Waals surface area contributed by atoms with Gasteiger partial charge in [-0.15, -0.1) is 0 Å². The van der Waals surface area contributed by atoms with Crippen LogP contribution in [0.4, 0.5) is 0 Å². The minimum absolute atomic E-state index is 0.0936. The van der Waals surface area contributed by atoms with Gasteiger partial charge in [-0.2, -0.15) is 0 Å². The molecule has 0 spiro atoms. The molecule has 0 aromatic carbocycles. The van der Waals surface area contributed by atoms with Crippen LogP contribution in [0.3, 0.4) is 0 Å². The van der Waals surface area contributed by atoms with Crippen molar-refractivity contribution in [3.05, 3.63) is 0 Å². The number of hydrogen-bond acceptors (Lipinski definition) is 2. The van der Waals surface area contributed by atoms with Crippen LogP contribution < -0.4 is 0 Å². The Morgan fingerprint density at radius 1 is 1.45 bits per heavy atom. The van der Waals surface area contributed by atoms with Crippen LogP contribution in [0.2, 0.25) is 0 Å². The summed E-state index contributed by atoms with van der Waals surface area (Å²) in [6.07, 6.45) is 3.49. The average Bonchev–Trinajstić information content (AvgIpc) is 1.86. The highest BCUT2D eigenvalue weighted by Gasteiger charge is 2.31. The Hall–Kier alpha value is -0.370. The zero-order chi connectivity index (χ0) is 8.48. The van der Waals surface area contributed by atoms with Gasteiger partial charge in [-0.3, -0.25) is 4.99 Å². The third-order valence-electron chi connectivity index (χ3n) is 2.11. The summed E-state index contributed by atoms with van der Waals surface area (Å²) in [5.41, 5.74) is 0.0936. The van der Waals surface area contributed by atoms with Crippen molar-refractivity contribution in [2.24, 2.45) is 10.4 Å². The average molecular weight is 155 g/mol. The van der Waals surface area contributed by atoms with Crippen LogP contribution in [0.1, 0.15) is 33.6 Å². The van der Waals surface area contributed by atoms with Crippen molar-refractivity contribution in [3.8, 4) is 0 Å². The van der Waals surface area contributed by atoms with Gasteiger partial charge in [0.05, 0.1) is 12.1 Å². The first kappa shape index (κ1) is 8.72. The second-order valence-corrected chi connectivity index (χ2v) is 4.29. The van der Waals surface area contributed by atoms with E-state index in [9.17, 15) is 5.11 Å². The molecule has 0 saturated carbocycles. The molecule has 0 radical (unpaired) electrons. The Morgan fingerprint density at radius 3 is 2.45 bits per heavy atom. The van der Waals surface area contributed by atoms with Gasteiger partial charge in [0.1, 0.15) is 0 Å². The van der Waals surface area contributed by atoms with Crippen LogP contribution in [0.5, 0.6) is 0 Å². The molecule has 2 nitrogen and oxygen atoms in total. The van der Waals surface area contributed by atoms with Crippen LogP contribution in [0.15, 0.2) is 4.99 Å². The molecule has 1 aliphatic rings. The highest BCUT2D eigenvalue weighted by Crippen LogP contribution is 2.28. The summed E-state index contributed by atoms with van der Waals surface area (Å²) in [7, 11) is 0. The molecule has 0 fully saturated rings. The summed E-state index contributed by atoms with van der Waals surface area (Å²) >= 11 is 0. The lowest BCUT2D eigenvalue weighted by atomic mass is 9.81. The molecule has 0 amide bonds. The van der Waals surface area contributed by atoms with E-state index in [4.69, 9.17) is 0 Å². The van der Waals surface area contributed by atoms with Crippen molar-refractivity contribution >= 4 is 6.21 Å². The molecule has 11 heavy (non-hydrogen) atoms. The van der Waals surface area contributed by atoms with Gasteiger partial charge in [-0.1, -0.05) is 20.8 Å². The predicted molar refractivity (Wildman–Crippen MR) is 47.0 cm³/mol. The van der Waals surface area contributed by atoms with Crippen molar-refractivity contribution < 1.29 is 5.11 Å². The molecule has 2 heteroatoms. The van der Waals surface area contributed by atoms with E-state index in [1.165, 1.54) is 0 Å². The van der Waals surface area contributed by atoms with Crippen LogP contribution >= 0.6 is 0 Å². The number of aliphatic hydroxyl groups is 1. The highest BCUT2D eigenvalue weighted by atomic mass is 16.3. The second kappa shape index (κ2) is 2.94. The lowest BCUT2D eigenvalue weighted by Crippen LogP contribution is -2.38. The quantitative estimate of drug-likeness (QED) is 0.566. The fraction of sp³-hybridized carbons (Fsp3) is 0.889. The molecule has 0 saturated heterocycles. The number of nitrogens with zero attached hydrogens (tertiary/aromatic N) is 1. The fourth-order valence-corrected chi connectivity index (χ4v) is 1.49. The SMILES string of the molecule is CC(C)(C)C1N=CCCC1O. The zero-order valence-electron chi connectivity index (χ0n) is 7.54. The van der Waals surface area contributed by atoms with Gasteiger partial charge in [0.2, 0.25) is 0 Å². The molecule has 1 heterocycles. The maximum absolute atomic E-state index is 9.59. The van der Waals surface area contributed by atoms with Crippen molar-refractivity contribution in [1.29, 1.82) is 0 Å². The molecule has 1 aliphatic heterocycles. The lowest BCUT2D eigenvalue weighted by molar-refractivity contribution is 0.0836. The molecule has 64 valence electrons. The standard InChI is InChI=1S/C9H17NO/c1-9(2,3)8-7(11)5-4-6-10-8/h6-8,11H,4-5H2,1-3H3. The largest absolute Gasteiger partial charge is 0.391 e. The molecular weight excluding hydrogens is 138 g/mol. The number of aliphatic hydroxyl groups excluding tert-OH is 1. The minimum Gasteiger partial charge on any atom is -0.391 e. The molecule has 2 atom stereocenters. The first-order valence-electron chi connectivity index (χ1n) is 4.21. The molecule has 1 N–H and O–H groups in total. The molecule has 1 rings (SSSR count). The summed E-state index contributed by atoms with van der Waals surface area (Å²) in [5, 5.41) is 9.59. The van der Waals surface area contributed by atoms with E-state index in [1.807, 2.05) is 6.21 Å². The van der Waals surface area contributed by atoms with Gasteiger partial charge < -0.3 is 5.11 Å². The van der Waals surface area contributed by atoms with E-state index < -0.39 is 0 Å². The van der Waals surface area contributed by atoms with E-state index in [-0.39, 0.29) is 17.6 Å². The summed E-state index contributed by atoms with van der Waals surface area (Å²) < 4.78 is 0. The molecular formula is C9H17NO. The van der Waals surface area contributed by atoms with Crippen LogP contribution in [0, 0.1) is 5.41 Å². The minimum atomic E-state index is -0.236. The molecule has 2 unspecified atom stereocenters. The van der Waals surface area contributed by atoms with Gasteiger partial charge in [0, 0.05) is 0 Å². The smallest absolute Gasteiger partial charge is 0.0802 e. The van der Waals surface area contributed by atoms with Gasteiger partial charge in [0.25, 0.3) is 0 Å². The van der Waals surface area contributed by atoms with E-state index in [0.717, 1.165) is 12.8 Å². The Labute approximate surface area is 68.3 Å². The maximum Gasteiger partial charge on any atom is 0.0802 e. The highest BCUT2D eigenvalue weighted by molar-refractivity contribution is 5.58. The van der Waals surface area contributed by atoms with Gasteiger partial charge in [0.15, 0.2) is 0 Å². The molecule has 0 aliphatic carbocycles. The molecule has 0 aromatic rings. The summed E-state index contributed by atoms with van der Waals surface area (Å²) in [6.45, 7) is 6.34. The summed E-state index contributed by atoms with van der Waals surface area (Å²) in [4.78, 5) is 4.31. The first-order valence-corrected chi connectivity index (χ1v) is 4.21. The Kier molecular flexibility index (Phi) is 2.33. The number of aliphatic imine (C=N–C) groups is 1. The van der Waals surface area contributed by atoms with Crippen molar-refractivity contribution in [2.45, 2.75) is 45.8 Å². The number of hydrogen-bond donors (Lipinski definition) is 1. The monoisotopic (exact) mass is 155 g/mol. The van der Waals surface area contributed by atoms with Crippen LogP contribution in [0.25, 0.3) is 0 Å². The van der Waals surface area contributed by atoms with Gasteiger partial charge in [-0.25, -0.2) is 0 Å². The Bertz CT molecular complexity index is 157. The van der Waals surface area contributed by atoms with E-state index in [2.05, 4.69) is 25.8 Å². The Balaban J connectivity index is 2.69. The lowest BCUT2D eigenvalue weighted by Gasteiger charge is -2.33. The van der Waals surface area contributed by atoms with E-state index in [1.54, 1.807) is 0 Å². The van der Waals surface area contributed by atoms with Crippen molar-refractivity contribution in [1.82, 2.24) is 0 Å². The van der Waals surface area contributed by atoms with Crippen LogP contribution in [-0.4, -0.2) is 23.5 Å². The number of rotatable bonds is 0. The van der Waals surface area contributed by atoms with E-state index in [0.29, 0.717) is 0 Å². The fourth-order valence-electron chi connectivity index (χ4n) is 1.49. The first-order chi connectivity index (χ1) is 5.02. The zero-order valence-corrected chi connectivity index (χ0v) is 7.54. The van der Waals surface area contributed by atoms with E-state index >= 15 is 0 Å². The topological polar surface area (TPSA) is 32.6 Å². The van der Waals surface area contributed by atoms with Crippen molar-refractivity contribution in [2.75, 3.05) is 0 Å². The van der Waals surface area contributed by atoms with Crippen LogP contribution in [-0.2, 0) is 0 Å². The third-order valence-corrected chi connectivity index (χ3v) is 2.11.